The number of carbonyl (C=O) groups is 2. The molecule has 3 amide bonds. The molecule has 0 saturated carbocycles. The molecule has 0 atom stereocenters. The Morgan fingerprint density at radius 3 is 2.54 bits per heavy atom. The second-order valence-corrected chi connectivity index (χ2v) is 6.52. The molecule has 2 N–H and O–H groups in total. The smallest absolute Gasteiger partial charge is 0.411 e. The van der Waals surface area contributed by atoms with Crippen LogP contribution in [0.25, 0.3) is 0 Å². The van der Waals surface area contributed by atoms with Crippen LogP contribution in [0.3, 0.4) is 0 Å². The highest BCUT2D eigenvalue weighted by Gasteiger charge is 2.19. The molecule has 0 radical (unpaired) electrons. The van der Waals surface area contributed by atoms with E-state index in [4.69, 9.17) is 0 Å². The number of nitrogens with one attached hydrogen (secondary N) is 2. The van der Waals surface area contributed by atoms with Crippen molar-refractivity contribution >= 4 is 34.8 Å². The van der Waals surface area contributed by atoms with Gasteiger partial charge in [0.2, 0.25) is 0 Å². The fraction of sp³-hybridized carbons (Fsp3) is 0.294. The lowest BCUT2D eigenvalue weighted by Crippen LogP contribution is -2.34. The number of amides is 3. The van der Waals surface area contributed by atoms with Crippen LogP contribution < -0.4 is 10.6 Å². The fourth-order valence-electron chi connectivity index (χ4n) is 2.62. The van der Waals surface area contributed by atoms with Gasteiger partial charge in [-0.05, 0) is 54.1 Å². The number of aryl methyl sites for hydroxylation is 1. The molecular formula is C17H19N3O3S. The third-order valence-corrected chi connectivity index (χ3v) is 4.91. The van der Waals surface area contributed by atoms with Crippen LogP contribution >= 0.6 is 11.3 Å². The Morgan fingerprint density at radius 1 is 1.12 bits per heavy atom. The number of methoxy groups -OCH3 is 1. The Kier molecular flexibility index (Phi) is 5.00. The van der Waals surface area contributed by atoms with Crippen LogP contribution in [0.15, 0.2) is 35.7 Å². The number of ether oxygens (including phenoxy) is 1. The van der Waals surface area contributed by atoms with Crippen LogP contribution in [0, 0.1) is 0 Å². The zero-order valence-corrected chi connectivity index (χ0v) is 14.2. The molecule has 0 bridgehead atoms. The maximum Gasteiger partial charge on any atom is 0.411 e. The Labute approximate surface area is 144 Å². The zero-order chi connectivity index (χ0) is 16.9. The minimum absolute atomic E-state index is 0.109. The largest absolute Gasteiger partial charge is 0.453 e. The highest BCUT2D eigenvalue weighted by atomic mass is 32.1. The summed E-state index contributed by atoms with van der Waals surface area (Å²) in [6.45, 7) is 1.39. The summed E-state index contributed by atoms with van der Waals surface area (Å²) in [5, 5.41) is 7.55. The van der Waals surface area contributed by atoms with E-state index >= 15 is 0 Å². The number of rotatable bonds is 2. The van der Waals surface area contributed by atoms with Crippen LogP contribution in [0.1, 0.15) is 16.9 Å². The minimum Gasteiger partial charge on any atom is -0.453 e. The molecule has 1 aliphatic heterocycles. The number of carbonyl (C=O) groups excluding carboxylic acids is 2. The Balaban J connectivity index is 1.61. The fourth-order valence-corrected chi connectivity index (χ4v) is 3.57. The maximum atomic E-state index is 12.5. The molecule has 1 aromatic carbocycles. The van der Waals surface area contributed by atoms with Crippen molar-refractivity contribution in [2.75, 3.05) is 24.3 Å². The van der Waals surface area contributed by atoms with E-state index in [0.29, 0.717) is 17.9 Å². The first-order chi connectivity index (χ1) is 11.7. The van der Waals surface area contributed by atoms with Gasteiger partial charge in [-0.15, -0.1) is 11.3 Å². The lowest BCUT2D eigenvalue weighted by Gasteiger charge is -2.21. The third kappa shape index (κ3) is 3.86. The second kappa shape index (κ2) is 7.35. The van der Waals surface area contributed by atoms with Gasteiger partial charge in [-0.2, -0.15) is 0 Å². The summed E-state index contributed by atoms with van der Waals surface area (Å²) in [6, 6.07) is 8.91. The molecule has 0 unspecified atom stereocenters. The number of hydrogen-bond donors (Lipinski definition) is 2. The number of hydrogen-bond acceptors (Lipinski definition) is 4. The molecule has 24 heavy (non-hydrogen) atoms. The first kappa shape index (κ1) is 16.3. The van der Waals surface area contributed by atoms with Gasteiger partial charge in [0.25, 0.3) is 0 Å². The van der Waals surface area contributed by atoms with E-state index in [9.17, 15) is 9.59 Å². The predicted molar refractivity (Wildman–Crippen MR) is 94.5 cm³/mol. The normalized spacial score (nSPS) is 13.6. The molecule has 7 heteroatoms. The van der Waals surface area contributed by atoms with Gasteiger partial charge >= 0.3 is 12.1 Å². The molecule has 0 aliphatic carbocycles. The van der Waals surface area contributed by atoms with E-state index in [-0.39, 0.29) is 6.03 Å². The summed E-state index contributed by atoms with van der Waals surface area (Å²) in [5.74, 6) is 0. The zero-order valence-electron chi connectivity index (χ0n) is 13.4. The van der Waals surface area contributed by atoms with Crippen LogP contribution in [0.4, 0.5) is 21.0 Å². The van der Waals surface area contributed by atoms with E-state index in [1.165, 1.54) is 17.6 Å². The van der Waals surface area contributed by atoms with E-state index < -0.39 is 6.09 Å². The van der Waals surface area contributed by atoms with Gasteiger partial charge < -0.3 is 15.0 Å². The lowest BCUT2D eigenvalue weighted by atomic mass is 10.2. The average molecular weight is 345 g/mol. The van der Waals surface area contributed by atoms with Gasteiger partial charge in [0.05, 0.1) is 7.11 Å². The van der Waals surface area contributed by atoms with Gasteiger partial charge in [-0.1, -0.05) is 0 Å². The summed E-state index contributed by atoms with van der Waals surface area (Å²) in [4.78, 5) is 26.9. The number of thiophene rings is 1. The van der Waals surface area contributed by atoms with Crippen LogP contribution in [0.5, 0.6) is 0 Å². The Morgan fingerprint density at radius 2 is 1.83 bits per heavy atom. The first-order valence-electron chi connectivity index (χ1n) is 7.72. The highest BCUT2D eigenvalue weighted by Crippen LogP contribution is 2.24. The average Bonchev–Trinajstić information content (AvgIpc) is 2.93. The molecule has 0 spiro atoms. The quantitative estimate of drug-likeness (QED) is 0.867. The maximum absolute atomic E-state index is 12.5. The van der Waals surface area contributed by atoms with Crippen molar-refractivity contribution in [3.63, 3.8) is 0 Å². The molecule has 0 fully saturated rings. The summed E-state index contributed by atoms with van der Waals surface area (Å²) in [6.07, 6.45) is 1.48. The van der Waals surface area contributed by atoms with E-state index in [0.717, 1.165) is 19.4 Å². The molecule has 1 aliphatic rings. The summed E-state index contributed by atoms with van der Waals surface area (Å²) in [5.41, 5.74) is 2.54. The molecule has 2 heterocycles. The van der Waals surface area contributed by atoms with Crippen molar-refractivity contribution in [2.45, 2.75) is 19.4 Å². The molecule has 6 nitrogen and oxygen atoms in total. The number of urea groups is 1. The standard InChI is InChI=1S/C17H19N3O3S/c1-23-17(22)19-14-6-4-13(5-7-14)18-16(21)20-9-2-3-15-12(11-20)8-10-24-15/h4-8,10H,2-3,9,11H2,1H3,(H,18,21)(H,19,22). The van der Waals surface area contributed by atoms with Crippen molar-refractivity contribution in [3.05, 3.63) is 46.2 Å². The van der Waals surface area contributed by atoms with Crippen molar-refractivity contribution < 1.29 is 14.3 Å². The number of fused-ring (bicyclic) bond motifs is 1. The van der Waals surface area contributed by atoms with Crippen LogP contribution in [-0.2, 0) is 17.7 Å². The number of nitrogens with zero attached hydrogens (tertiary/aromatic N) is 1. The molecule has 2 aromatic rings. The molecule has 126 valence electrons. The van der Waals surface area contributed by atoms with Gasteiger partial charge in [0.1, 0.15) is 0 Å². The van der Waals surface area contributed by atoms with Gasteiger partial charge in [0, 0.05) is 29.3 Å². The van der Waals surface area contributed by atoms with Gasteiger partial charge in [0.15, 0.2) is 0 Å². The molecule has 1 aromatic heterocycles. The van der Waals surface area contributed by atoms with E-state index in [2.05, 4.69) is 26.8 Å². The number of anilines is 2. The monoisotopic (exact) mass is 345 g/mol. The van der Waals surface area contributed by atoms with Crippen molar-refractivity contribution in [2.24, 2.45) is 0 Å². The lowest BCUT2D eigenvalue weighted by molar-refractivity contribution is 0.187. The van der Waals surface area contributed by atoms with E-state index in [1.807, 2.05) is 4.90 Å². The first-order valence-corrected chi connectivity index (χ1v) is 8.60. The Bertz CT molecular complexity index is 727. The summed E-state index contributed by atoms with van der Waals surface area (Å²) in [7, 11) is 1.31. The minimum atomic E-state index is -0.525. The van der Waals surface area contributed by atoms with Crippen molar-refractivity contribution in [1.29, 1.82) is 0 Å². The van der Waals surface area contributed by atoms with Crippen molar-refractivity contribution in [3.8, 4) is 0 Å². The second-order valence-electron chi connectivity index (χ2n) is 5.52. The topological polar surface area (TPSA) is 70.7 Å². The van der Waals surface area contributed by atoms with Gasteiger partial charge in [-0.25, -0.2) is 9.59 Å². The molecular weight excluding hydrogens is 326 g/mol. The molecule has 0 saturated heterocycles. The number of benzene rings is 1. The predicted octanol–water partition coefficient (Wildman–Crippen LogP) is 3.91. The van der Waals surface area contributed by atoms with Crippen LogP contribution in [0.2, 0.25) is 0 Å². The summed E-state index contributed by atoms with van der Waals surface area (Å²) < 4.78 is 4.54. The van der Waals surface area contributed by atoms with E-state index in [1.54, 1.807) is 35.6 Å². The molecule has 3 rings (SSSR count). The SMILES string of the molecule is COC(=O)Nc1ccc(NC(=O)N2CCCc3sccc3C2)cc1. The third-order valence-electron chi connectivity index (χ3n) is 3.89. The van der Waals surface area contributed by atoms with Gasteiger partial charge in [-0.3, -0.25) is 5.32 Å². The van der Waals surface area contributed by atoms with Crippen molar-refractivity contribution in [1.82, 2.24) is 4.90 Å². The summed E-state index contributed by atoms with van der Waals surface area (Å²) >= 11 is 1.76. The van der Waals surface area contributed by atoms with Crippen LogP contribution in [-0.4, -0.2) is 30.7 Å². The Hall–Kier alpha value is -2.54. The highest BCUT2D eigenvalue weighted by molar-refractivity contribution is 7.10.